The molecule has 3 aromatic carbocycles. The van der Waals surface area contributed by atoms with Crippen LogP contribution in [-0.2, 0) is 9.59 Å². The number of nitrogens with one attached hydrogen (secondary N) is 2. The smallest absolute Gasteiger partial charge is 0.283 e. The summed E-state index contributed by atoms with van der Waals surface area (Å²) in [5, 5.41) is 14.8. The molecule has 0 atom stereocenters. The summed E-state index contributed by atoms with van der Waals surface area (Å²) in [6, 6.07) is 18.0. The number of hydrogen-bond acceptors (Lipinski definition) is 5. The second-order valence-corrected chi connectivity index (χ2v) is 8.01. The van der Waals surface area contributed by atoms with Gasteiger partial charge in [-0.15, -0.1) is 0 Å². The largest absolute Gasteiger partial charge is 0.508 e. The molecule has 33 heavy (non-hydrogen) atoms. The number of aryl methyl sites for hydroxylation is 2. The first-order valence-electron chi connectivity index (χ1n) is 10.1. The molecule has 1 heterocycles. The molecule has 0 saturated heterocycles. The van der Waals surface area contributed by atoms with Crippen LogP contribution in [0.5, 0.6) is 5.75 Å². The van der Waals surface area contributed by atoms with Gasteiger partial charge < -0.3 is 15.7 Å². The van der Waals surface area contributed by atoms with Gasteiger partial charge in [-0.2, -0.15) is 0 Å². The maximum Gasteiger partial charge on any atom is 0.283 e. The van der Waals surface area contributed by atoms with E-state index in [1.165, 1.54) is 12.1 Å². The van der Waals surface area contributed by atoms with E-state index in [1.807, 2.05) is 26.0 Å². The number of amides is 3. The van der Waals surface area contributed by atoms with Gasteiger partial charge >= 0.3 is 0 Å². The molecule has 7 nitrogen and oxygen atoms in total. The maximum atomic E-state index is 13.1. The lowest BCUT2D eigenvalue weighted by molar-refractivity contribution is -0.120. The molecule has 0 aliphatic carbocycles. The van der Waals surface area contributed by atoms with Crippen LogP contribution in [0.25, 0.3) is 0 Å². The van der Waals surface area contributed by atoms with E-state index in [0.717, 1.165) is 16.0 Å². The van der Waals surface area contributed by atoms with Crippen molar-refractivity contribution in [2.75, 3.05) is 15.5 Å². The summed E-state index contributed by atoms with van der Waals surface area (Å²) < 4.78 is 0. The summed E-state index contributed by atoms with van der Waals surface area (Å²) in [5.74, 6) is -1.47. The van der Waals surface area contributed by atoms with Crippen molar-refractivity contribution < 1.29 is 19.5 Å². The number of rotatable bonds is 5. The van der Waals surface area contributed by atoms with E-state index in [9.17, 15) is 19.5 Å². The highest BCUT2D eigenvalue weighted by molar-refractivity contribution is 6.53. The second-order valence-electron chi connectivity index (χ2n) is 7.63. The molecule has 4 rings (SSSR count). The molecular weight excluding hydrogens is 442 g/mol. The molecule has 3 amide bonds. The highest BCUT2D eigenvalue weighted by Crippen LogP contribution is 2.32. The highest BCUT2D eigenvalue weighted by atomic mass is 35.5. The molecule has 3 N–H and O–H groups in total. The van der Waals surface area contributed by atoms with Gasteiger partial charge in [0.15, 0.2) is 0 Å². The molecular formula is C25H20ClN3O4. The van der Waals surface area contributed by atoms with Crippen molar-refractivity contribution in [3.8, 4) is 5.75 Å². The fraction of sp³-hybridized carbons (Fsp3) is 0.0800. The summed E-state index contributed by atoms with van der Waals surface area (Å²) >= 11 is 6.24. The third-order valence-electron chi connectivity index (χ3n) is 5.15. The van der Waals surface area contributed by atoms with Gasteiger partial charge in [-0.3, -0.25) is 14.4 Å². The summed E-state index contributed by atoms with van der Waals surface area (Å²) in [4.78, 5) is 39.5. The van der Waals surface area contributed by atoms with Crippen LogP contribution >= 0.6 is 11.6 Å². The van der Waals surface area contributed by atoms with Gasteiger partial charge in [0, 0.05) is 16.9 Å². The average molecular weight is 462 g/mol. The zero-order valence-corrected chi connectivity index (χ0v) is 18.6. The fourth-order valence-electron chi connectivity index (χ4n) is 3.42. The second kappa shape index (κ2) is 8.80. The van der Waals surface area contributed by atoms with E-state index in [2.05, 4.69) is 10.6 Å². The number of imide groups is 1. The van der Waals surface area contributed by atoms with Crippen LogP contribution in [0, 0.1) is 13.8 Å². The van der Waals surface area contributed by atoms with E-state index in [4.69, 9.17) is 11.6 Å². The van der Waals surface area contributed by atoms with Gasteiger partial charge in [0.05, 0.1) is 5.69 Å². The summed E-state index contributed by atoms with van der Waals surface area (Å²) in [5.41, 5.74) is 3.35. The number of aromatic hydroxyl groups is 1. The molecule has 0 fully saturated rings. The predicted octanol–water partition coefficient (Wildman–Crippen LogP) is 4.70. The average Bonchev–Trinajstić information content (AvgIpc) is 3.00. The normalized spacial score (nSPS) is 13.5. The van der Waals surface area contributed by atoms with Crippen molar-refractivity contribution >= 4 is 46.4 Å². The zero-order valence-electron chi connectivity index (χ0n) is 17.8. The lowest BCUT2D eigenvalue weighted by Gasteiger charge is -2.18. The van der Waals surface area contributed by atoms with Crippen LogP contribution in [0.15, 0.2) is 77.5 Å². The number of phenols is 1. The minimum absolute atomic E-state index is 0.0568. The van der Waals surface area contributed by atoms with E-state index < -0.39 is 11.8 Å². The molecule has 0 aromatic heterocycles. The number of nitrogens with zero attached hydrogens (tertiary/aromatic N) is 1. The van der Waals surface area contributed by atoms with Gasteiger partial charge in [0.1, 0.15) is 16.5 Å². The quantitative estimate of drug-likeness (QED) is 0.378. The molecule has 0 unspecified atom stereocenters. The first kappa shape index (κ1) is 22.1. The SMILES string of the molecule is Cc1ccc(C)c(N2C(=O)C(Cl)=C(Nc3cccc(C(=O)Nc4ccc(O)cc4)c3)C2=O)c1. The Morgan fingerprint density at radius 2 is 1.64 bits per heavy atom. The first-order valence-corrected chi connectivity index (χ1v) is 10.5. The Kier molecular flexibility index (Phi) is 5.89. The lowest BCUT2D eigenvalue weighted by atomic mass is 10.1. The number of hydrogen-bond donors (Lipinski definition) is 3. The molecule has 0 spiro atoms. The van der Waals surface area contributed by atoms with E-state index in [0.29, 0.717) is 22.6 Å². The van der Waals surface area contributed by atoms with Gasteiger partial charge in [0.25, 0.3) is 17.7 Å². The van der Waals surface area contributed by atoms with Crippen molar-refractivity contribution in [1.29, 1.82) is 0 Å². The Labute approximate surface area is 195 Å². The Bertz CT molecular complexity index is 1320. The summed E-state index contributed by atoms with van der Waals surface area (Å²) in [6.45, 7) is 3.68. The van der Waals surface area contributed by atoms with Crippen LogP contribution in [-0.4, -0.2) is 22.8 Å². The van der Waals surface area contributed by atoms with Gasteiger partial charge in [-0.05, 0) is 73.5 Å². The van der Waals surface area contributed by atoms with Crippen LogP contribution < -0.4 is 15.5 Å². The molecule has 8 heteroatoms. The number of halogens is 1. The van der Waals surface area contributed by atoms with Gasteiger partial charge in [-0.25, -0.2) is 4.90 Å². The fourth-order valence-corrected chi connectivity index (χ4v) is 3.63. The van der Waals surface area contributed by atoms with Crippen LogP contribution in [0.3, 0.4) is 0 Å². The minimum atomic E-state index is -0.612. The number of carbonyl (C=O) groups is 3. The molecule has 3 aromatic rings. The van der Waals surface area contributed by atoms with Gasteiger partial charge in [0.2, 0.25) is 0 Å². The Hall–Kier alpha value is -4.10. The van der Waals surface area contributed by atoms with E-state index in [-0.39, 0.29) is 22.4 Å². The number of carbonyl (C=O) groups excluding carboxylic acids is 3. The van der Waals surface area contributed by atoms with Crippen LogP contribution in [0.2, 0.25) is 0 Å². The van der Waals surface area contributed by atoms with E-state index in [1.54, 1.807) is 42.5 Å². The van der Waals surface area contributed by atoms with Crippen molar-refractivity contribution in [3.05, 3.63) is 94.1 Å². The highest BCUT2D eigenvalue weighted by Gasteiger charge is 2.39. The maximum absolute atomic E-state index is 13.1. The van der Waals surface area contributed by atoms with Crippen molar-refractivity contribution in [3.63, 3.8) is 0 Å². The Morgan fingerprint density at radius 1 is 0.909 bits per heavy atom. The molecule has 0 saturated carbocycles. The molecule has 1 aliphatic rings. The lowest BCUT2D eigenvalue weighted by Crippen LogP contribution is -2.33. The third kappa shape index (κ3) is 4.44. The van der Waals surface area contributed by atoms with Crippen LogP contribution in [0.1, 0.15) is 21.5 Å². The number of anilines is 3. The predicted molar refractivity (Wildman–Crippen MR) is 127 cm³/mol. The van der Waals surface area contributed by atoms with Crippen LogP contribution in [0.4, 0.5) is 17.1 Å². The minimum Gasteiger partial charge on any atom is -0.508 e. The number of benzene rings is 3. The van der Waals surface area contributed by atoms with Gasteiger partial charge in [-0.1, -0.05) is 29.8 Å². The molecule has 166 valence electrons. The molecule has 0 radical (unpaired) electrons. The number of phenolic OH excluding ortho intramolecular Hbond substituents is 1. The van der Waals surface area contributed by atoms with Crippen molar-refractivity contribution in [2.24, 2.45) is 0 Å². The monoisotopic (exact) mass is 461 g/mol. The summed E-state index contributed by atoms with van der Waals surface area (Å²) in [7, 11) is 0. The Balaban J connectivity index is 1.56. The van der Waals surface area contributed by atoms with Crippen molar-refractivity contribution in [2.45, 2.75) is 13.8 Å². The van der Waals surface area contributed by atoms with E-state index >= 15 is 0 Å². The Morgan fingerprint density at radius 3 is 2.36 bits per heavy atom. The third-order valence-corrected chi connectivity index (χ3v) is 5.50. The molecule has 1 aliphatic heterocycles. The molecule has 0 bridgehead atoms. The zero-order chi connectivity index (χ0) is 23.7. The topological polar surface area (TPSA) is 98.7 Å². The first-order chi connectivity index (χ1) is 15.7. The summed E-state index contributed by atoms with van der Waals surface area (Å²) in [6.07, 6.45) is 0. The van der Waals surface area contributed by atoms with Crippen molar-refractivity contribution in [1.82, 2.24) is 0 Å². The standard InChI is InChI=1S/C25H20ClN3O4/c1-14-6-7-15(2)20(12-14)29-24(32)21(26)22(25(29)33)27-18-5-3-4-16(13-18)23(31)28-17-8-10-19(30)11-9-17/h3-13,27,30H,1-2H3,(H,28,31).